The molecule has 3 rings (SSSR count). The Labute approximate surface area is 190 Å². The van der Waals surface area contributed by atoms with E-state index in [2.05, 4.69) is 112 Å². The maximum Gasteiger partial charge on any atom is 0.0717 e. The molecule has 0 atom stereocenters. The lowest BCUT2D eigenvalue weighted by atomic mass is 9.96. The Hall–Kier alpha value is -1.17. The SMILES string of the molecule is CCCCCCOCc1cc(-c2ccc(Br)cc2)cc(-c2ccc(I)cc2)c1. The van der Waals surface area contributed by atoms with E-state index < -0.39 is 0 Å². The first-order chi connectivity index (χ1) is 13.7. The Morgan fingerprint density at radius 2 is 1.36 bits per heavy atom. The third-order valence-corrected chi connectivity index (χ3v) is 6.01. The average molecular weight is 549 g/mol. The first-order valence-corrected chi connectivity index (χ1v) is 11.8. The number of unbranched alkanes of at least 4 members (excludes halogenated alkanes) is 3. The molecule has 0 saturated carbocycles. The fraction of sp³-hybridized carbons (Fsp3) is 0.280. The molecule has 0 amide bonds. The molecule has 3 aromatic carbocycles. The van der Waals surface area contributed by atoms with Crippen molar-refractivity contribution in [3.05, 3.63) is 80.3 Å². The van der Waals surface area contributed by atoms with Gasteiger partial charge in [-0.15, -0.1) is 0 Å². The van der Waals surface area contributed by atoms with Gasteiger partial charge in [-0.2, -0.15) is 0 Å². The molecule has 0 bridgehead atoms. The molecule has 28 heavy (non-hydrogen) atoms. The summed E-state index contributed by atoms with van der Waals surface area (Å²) in [6, 6.07) is 24.0. The van der Waals surface area contributed by atoms with Crippen LogP contribution in [0.3, 0.4) is 0 Å². The van der Waals surface area contributed by atoms with Gasteiger partial charge in [0.05, 0.1) is 6.61 Å². The molecular formula is C25H26BrIO. The van der Waals surface area contributed by atoms with Crippen LogP contribution in [0.15, 0.2) is 71.2 Å². The highest BCUT2D eigenvalue weighted by Gasteiger charge is 2.07. The van der Waals surface area contributed by atoms with Gasteiger partial charge in [-0.1, -0.05) is 66.4 Å². The first kappa shape index (κ1) is 21.5. The molecule has 146 valence electrons. The predicted molar refractivity (Wildman–Crippen MR) is 132 cm³/mol. The summed E-state index contributed by atoms with van der Waals surface area (Å²) >= 11 is 5.88. The monoisotopic (exact) mass is 548 g/mol. The molecule has 0 aliphatic heterocycles. The molecule has 1 nitrogen and oxygen atoms in total. The van der Waals surface area contributed by atoms with Crippen LogP contribution >= 0.6 is 38.5 Å². The number of rotatable bonds is 9. The van der Waals surface area contributed by atoms with Crippen LogP contribution in [-0.2, 0) is 11.3 Å². The Morgan fingerprint density at radius 3 is 1.96 bits per heavy atom. The number of ether oxygens (including phenoxy) is 1. The minimum absolute atomic E-state index is 0.661. The predicted octanol–water partition coefficient (Wildman–Crippen LogP) is 8.48. The lowest BCUT2D eigenvalue weighted by molar-refractivity contribution is 0.117. The topological polar surface area (TPSA) is 9.23 Å². The second kappa shape index (κ2) is 11.1. The van der Waals surface area contributed by atoms with E-state index in [1.54, 1.807) is 0 Å². The van der Waals surface area contributed by atoms with Gasteiger partial charge in [0.1, 0.15) is 0 Å². The van der Waals surface area contributed by atoms with Gasteiger partial charge >= 0.3 is 0 Å². The average Bonchev–Trinajstić information content (AvgIpc) is 2.71. The van der Waals surface area contributed by atoms with Gasteiger partial charge in [-0.05, 0) is 99.3 Å². The summed E-state index contributed by atoms with van der Waals surface area (Å²) < 4.78 is 8.33. The zero-order valence-electron chi connectivity index (χ0n) is 16.3. The third-order valence-electron chi connectivity index (χ3n) is 4.76. The molecule has 0 spiro atoms. The van der Waals surface area contributed by atoms with Crippen molar-refractivity contribution in [2.75, 3.05) is 6.61 Å². The summed E-state index contributed by atoms with van der Waals surface area (Å²) in [7, 11) is 0. The smallest absolute Gasteiger partial charge is 0.0717 e. The van der Waals surface area contributed by atoms with Gasteiger partial charge in [-0.25, -0.2) is 0 Å². The maximum absolute atomic E-state index is 5.98. The second-order valence-corrected chi connectivity index (χ2v) is 9.21. The Morgan fingerprint density at radius 1 is 0.750 bits per heavy atom. The van der Waals surface area contributed by atoms with Crippen molar-refractivity contribution < 1.29 is 4.74 Å². The highest BCUT2D eigenvalue weighted by atomic mass is 127. The molecule has 3 heteroatoms. The van der Waals surface area contributed by atoms with Crippen LogP contribution in [0.2, 0.25) is 0 Å². The number of hydrogen-bond acceptors (Lipinski definition) is 1. The molecule has 0 unspecified atom stereocenters. The molecular weight excluding hydrogens is 523 g/mol. The number of benzene rings is 3. The van der Waals surface area contributed by atoms with E-state index in [1.165, 1.54) is 50.6 Å². The van der Waals surface area contributed by atoms with Crippen molar-refractivity contribution in [1.29, 1.82) is 0 Å². The minimum Gasteiger partial charge on any atom is -0.377 e. The van der Waals surface area contributed by atoms with Crippen molar-refractivity contribution in [3.8, 4) is 22.3 Å². The van der Waals surface area contributed by atoms with Crippen LogP contribution in [0.25, 0.3) is 22.3 Å². The van der Waals surface area contributed by atoms with Crippen LogP contribution in [0.4, 0.5) is 0 Å². The normalized spacial score (nSPS) is 11.0. The third kappa shape index (κ3) is 6.43. The van der Waals surface area contributed by atoms with E-state index in [4.69, 9.17) is 4.74 Å². The lowest BCUT2D eigenvalue weighted by Crippen LogP contribution is -1.97. The van der Waals surface area contributed by atoms with Gasteiger partial charge in [0.15, 0.2) is 0 Å². The Balaban J connectivity index is 1.83. The highest BCUT2D eigenvalue weighted by molar-refractivity contribution is 14.1. The van der Waals surface area contributed by atoms with E-state index in [9.17, 15) is 0 Å². The van der Waals surface area contributed by atoms with Crippen molar-refractivity contribution in [2.24, 2.45) is 0 Å². The standard InChI is InChI=1S/C25H26BrIO/c1-2-3-4-5-14-28-18-19-15-22(20-6-10-24(26)11-7-20)17-23(16-19)21-8-12-25(27)13-9-21/h6-13,15-17H,2-5,14,18H2,1H3. The zero-order chi connectivity index (χ0) is 19.8. The summed E-state index contributed by atoms with van der Waals surface area (Å²) in [4.78, 5) is 0. The summed E-state index contributed by atoms with van der Waals surface area (Å²) in [5.41, 5.74) is 6.15. The van der Waals surface area contributed by atoms with Gasteiger partial charge in [0.2, 0.25) is 0 Å². The van der Waals surface area contributed by atoms with Crippen LogP contribution in [0.1, 0.15) is 38.2 Å². The van der Waals surface area contributed by atoms with Crippen molar-refractivity contribution in [3.63, 3.8) is 0 Å². The zero-order valence-corrected chi connectivity index (χ0v) is 20.0. The quantitative estimate of drug-likeness (QED) is 0.192. The number of halogens is 2. The van der Waals surface area contributed by atoms with E-state index >= 15 is 0 Å². The lowest BCUT2D eigenvalue weighted by Gasteiger charge is -2.12. The molecule has 0 radical (unpaired) electrons. The van der Waals surface area contributed by atoms with Crippen LogP contribution < -0.4 is 0 Å². The Kier molecular flexibility index (Phi) is 8.56. The molecule has 0 heterocycles. The van der Waals surface area contributed by atoms with Gasteiger partial charge < -0.3 is 4.74 Å². The maximum atomic E-state index is 5.98. The van der Waals surface area contributed by atoms with Crippen molar-refractivity contribution >= 4 is 38.5 Å². The summed E-state index contributed by atoms with van der Waals surface area (Å²) in [6.45, 7) is 3.73. The Bertz CT molecular complexity index is 808. The minimum atomic E-state index is 0.661. The van der Waals surface area contributed by atoms with Crippen molar-refractivity contribution in [1.82, 2.24) is 0 Å². The van der Waals surface area contributed by atoms with Gasteiger partial charge in [0.25, 0.3) is 0 Å². The van der Waals surface area contributed by atoms with Crippen molar-refractivity contribution in [2.45, 2.75) is 39.2 Å². The number of hydrogen-bond donors (Lipinski definition) is 0. The molecule has 0 aromatic heterocycles. The van der Waals surface area contributed by atoms with Crippen LogP contribution in [0, 0.1) is 3.57 Å². The van der Waals surface area contributed by atoms with E-state index in [-0.39, 0.29) is 0 Å². The molecule has 0 saturated heterocycles. The van der Waals surface area contributed by atoms with Gasteiger partial charge in [0, 0.05) is 14.6 Å². The fourth-order valence-electron chi connectivity index (χ4n) is 3.21. The van der Waals surface area contributed by atoms with Gasteiger partial charge in [-0.3, -0.25) is 0 Å². The molecule has 0 aliphatic rings. The summed E-state index contributed by atoms with van der Waals surface area (Å²) in [6.07, 6.45) is 4.95. The molecule has 0 fully saturated rings. The highest BCUT2D eigenvalue weighted by Crippen LogP contribution is 2.30. The first-order valence-electron chi connectivity index (χ1n) is 9.89. The van der Waals surface area contributed by atoms with E-state index in [1.807, 2.05) is 0 Å². The second-order valence-electron chi connectivity index (χ2n) is 7.05. The summed E-state index contributed by atoms with van der Waals surface area (Å²) in [5.74, 6) is 0. The molecule has 0 N–H and O–H groups in total. The van der Waals surface area contributed by atoms with E-state index in [0.29, 0.717) is 6.61 Å². The largest absolute Gasteiger partial charge is 0.377 e. The molecule has 0 aliphatic carbocycles. The van der Waals surface area contributed by atoms with E-state index in [0.717, 1.165) is 17.5 Å². The molecule has 3 aromatic rings. The summed E-state index contributed by atoms with van der Waals surface area (Å²) in [5, 5.41) is 0. The van der Waals surface area contributed by atoms with Crippen LogP contribution in [-0.4, -0.2) is 6.61 Å². The van der Waals surface area contributed by atoms with Crippen LogP contribution in [0.5, 0.6) is 0 Å². The fourth-order valence-corrected chi connectivity index (χ4v) is 3.84.